The molecule has 0 saturated heterocycles. The maximum atomic E-state index is 11.1. The van der Waals surface area contributed by atoms with E-state index in [-0.39, 0.29) is 23.0 Å². The Morgan fingerprint density at radius 3 is 2.44 bits per heavy atom. The first-order valence-electron chi connectivity index (χ1n) is 5.38. The van der Waals surface area contributed by atoms with Crippen molar-refractivity contribution in [1.29, 1.82) is 0 Å². The van der Waals surface area contributed by atoms with Crippen molar-refractivity contribution >= 4 is 5.97 Å². The van der Waals surface area contributed by atoms with Gasteiger partial charge in [-0.05, 0) is 29.5 Å². The molecule has 0 radical (unpaired) electrons. The van der Waals surface area contributed by atoms with Crippen LogP contribution < -0.4 is 0 Å². The van der Waals surface area contributed by atoms with Crippen LogP contribution >= 0.6 is 0 Å². The molecule has 2 N–H and O–H groups in total. The summed E-state index contributed by atoms with van der Waals surface area (Å²) < 4.78 is 0. The number of carboxylic acid groups (broad SMARTS) is 1. The van der Waals surface area contributed by atoms with E-state index in [1.807, 2.05) is 32.9 Å². The molecule has 86 valence electrons. The summed E-state index contributed by atoms with van der Waals surface area (Å²) in [5, 5.41) is 18.7. The van der Waals surface area contributed by atoms with E-state index in [9.17, 15) is 9.90 Å². The Bertz CT molecular complexity index is 448. The SMILES string of the molecule is Cc1ccc([C@H]2[C@H](C(=O)O)C2(C)C)cc1O. The van der Waals surface area contributed by atoms with Crippen LogP contribution in [0.1, 0.15) is 30.9 Å². The summed E-state index contributed by atoms with van der Waals surface area (Å²) >= 11 is 0. The quantitative estimate of drug-likeness (QED) is 0.805. The second-order valence-corrected chi connectivity index (χ2v) is 5.16. The number of rotatable bonds is 2. The van der Waals surface area contributed by atoms with Crippen LogP contribution in [-0.4, -0.2) is 16.2 Å². The van der Waals surface area contributed by atoms with Gasteiger partial charge in [0.25, 0.3) is 0 Å². The van der Waals surface area contributed by atoms with Gasteiger partial charge >= 0.3 is 5.97 Å². The van der Waals surface area contributed by atoms with Crippen molar-refractivity contribution in [3.05, 3.63) is 29.3 Å². The first kappa shape index (κ1) is 11.0. The second-order valence-electron chi connectivity index (χ2n) is 5.16. The maximum Gasteiger partial charge on any atom is 0.307 e. The minimum absolute atomic E-state index is 0.0106. The molecule has 0 spiro atoms. The number of aromatic hydroxyl groups is 1. The molecule has 1 fully saturated rings. The zero-order valence-corrected chi connectivity index (χ0v) is 9.69. The average Bonchev–Trinajstić information content (AvgIpc) is 2.74. The lowest BCUT2D eigenvalue weighted by atomic mass is 10.0. The topological polar surface area (TPSA) is 57.5 Å². The highest BCUT2D eigenvalue weighted by Gasteiger charge is 2.62. The van der Waals surface area contributed by atoms with Crippen molar-refractivity contribution in [2.45, 2.75) is 26.7 Å². The molecule has 1 aliphatic rings. The van der Waals surface area contributed by atoms with Crippen LogP contribution in [0.2, 0.25) is 0 Å². The fourth-order valence-electron chi connectivity index (χ4n) is 2.54. The molecule has 16 heavy (non-hydrogen) atoms. The summed E-state index contributed by atoms with van der Waals surface area (Å²) in [6.45, 7) is 5.73. The first-order valence-corrected chi connectivity index (χ1v) is 5.38. The molecule has 0 heterocycles. The summed E-state index contributed by atoms with van der Waals surface area (Å²) in [5.41, 5.74) is 1.52. The molecular formula is C13H16O3. The van der Waals surface area contributed by atoms with E-state index in [1.54, 1.807) is 6.07 Å². The third-order valence-electron chi connectivity index (χ3n) is 3.69. The monoisotopic (exact) mass is 220 g/mol. The predicted molar refractivity (Wildman–Crippen MR) is 60.5 cm³/mol. The zero-order chi connectivity index (χ0) is 12.1. The van der Waals surface area contributed by atoms with Crippen LogP contribution in [0.25, 0.3) is 0 Å². The van der Waals surface area contributed by atoms with Crippen molar-refractivity contribution in [2.24, 2.45) is 11.3 Å². The van der Waals surface area contributed by atoms with E-state index in [1.165, 1.54) is 0 Å². The summed E-state index contributed by atoms with van der Waals surface area (Å²) in [4.78, 5) is 11.1. The molecule has 2 atom stereocenters. The number of carboxylic acids is 1. The zero-order valence-electron chi connectivity index (χ0n) is 9.69. The van der Waals surface area contributed by atoms with Gasteiger partial charge in [-0.15, -0.1) is 0 Å². The molecule has 2 rings (SSSR count). The number of benzene rings is 1. The van der Waals surface area contributed by atoms with E-state index in [0.29, 0.717) is 0 Å². The van der Waals surface area contributed by atoms with Gasteiger partial charge in [-0.2, -0.15) is 0 Å². The Kier molecular flexibility index (Phi) is 2.22. The molecule has 0 amide bonds. The van der Waals surface area contributed by atoms with Gasteiger partial charge in [-0.1, -0.05) is 26.0 Å². The van der Waals surface area contributed by atoms with E-state index >= 15 is 0 Å². The molecule has 0 bridgehead atoms. The Balaban J connectivity index is 2.33. The van der Waals surface area contributed by atoms with Gasteiger partial charge in [-0.25, -0.2) is 0 Å². The molecule has 3 heteroatoms. The number of hydrogen-bond donors (Lipinski definition) is 2. The van der Waals surface area contributed by atoms with Crippen molar-refractivity contribution in [3.63, 3.8) is 0 Å². The lowest BCUT2D eigenvalue weighted by molar-refractivity contribution is -0.139. The summed E-state index contributed by atoms with van der Waals surface area (Å²) in [5.74, 6) is -0.842. The summed E-state index contributed by atoms with van der Waals surface area (Å²) in [6, 6.07) is 5.42. The van der Waals surface area contributed by atoms with Crippen LogP contribution in [-0.2, 0) is 4.79 Å². The third kappa shape index (κ3) is 1.47. The number of carbonyl (C=O) groups is 1. The predicted octanol–water partition coefficient (Wildman–Crippen LogP) is 2.52. The van der Waals surface area contributed by atoms with Gasteiger partial charge in [0.15, 0.2) is 0 Å². The Hall–Kier alpha value is -1.51. The second kappa shape index (κ2) is 3.24. The highest BCUT2D eigenvalue weighted by molar-refractivity contribution is 5.77. The number of phenolic OH excluding ortho intramolecular Hbond substituents is 1. The molecule has 1 saturated carbocycles. The minimum Gasteiger partial charge on any atom is -0.508 e. The van der Waals surface area contributed by atoms with Gasteiger partial charge in [0.2, 0.25) is 0 Å². The largest absolute Gasteiger partial charge is 0.508 e. The normalized spacial score (nSPS) is 26.4. The van der Waals surface area contributed by atoms with Gasteiger partial charge in [0, 0.05) is 5.92 Å². The molecule has 1 aromatic carbocycles. The van der Waals surface area contributed by atoms with Crippen LogP contribution in [0.15, 0.2) is 18.2 Å². The molecule has 0 aliphatic heterocycles. The minimum atomic E-state index is -0.755. The number of aliphatic carboxylic acids is 1. The molecule has 0 aromatic heterocycles. The Morgan fingerprint density at radius 2 is 2.00 bits per heavy atom. The van der Waals surface area contributed by atoms with E-state index in [2.05, 4.69) is 0 Å². The fourth-order valence-corrected chi connectivity index (χ4v) is 2.54. The lowest BCUT2D eigenvalue weighted by Gasteiger charge is -2.05. The maximum absolute atomic E-state index is 11.1. The van der Waals surface area contributed by atoms with Gasteiger partial charge < -0.3 is 10.2 Å². The summed E-state index contributed by atoms with van der Waals surface area (Å²) in [7, 11) is 0. The smallest absolute Gasteiger partial charge is 0.307 e. The Morgan fingerprint density at radius 1 is 1.38 bits per heavy atom. The van der Waals surface area contributed by atoms with Crippen LogP contribution in [0.4, 0.5) is 0 Å². The van der Waals surface area contributed by atoms with Crippen LogP contribution in [0.3, 0.4) is 0 Å². The lowest BCUT2D eigenvalue weighted by Crippen LogP contribution is -2.03. The standard InChI is InChI=1S/C13H16O3/c1-7-4-5-8(6-9(7)14)10-11(12(15)16)13(10,2)3/h4-6,10-11,14H,1-3H3,(H,15,16)/t10-,11+/m0/s1. The van der Waals surface area contributed by atoms with Gasteiger partial charge in [0.05, 0.1) is 5.92 Å². The highest BCUT2D eigenvalue weighted by atomic mass is 16.4. The average molecular weight is 220 g/mol. The van der Waals surface area contributed by atoms with Crippen molar-refractivity contribution < 1.29 is 15.0 Å². The molecule has 1 aromatic rings. The van der Waals surface area contributed by atoms with Crippen molar-refractivity contribution in [3.8, 4) is 5.75 Å². The highest BCUT2D eigenvalue weighted by Crippen LogP contribution is 2.64. The van der Waals surface area contributed by atoms with E-state index < -0.39 is 5.97 Å². The first-order chi connectivity index (χ1) is 7.35. The fraction of sp³-hybridized carbons (Fsp3) is 0.462. The summed E-state index contributed by atoms with van der Waals surface area (Å²) in [6.07, 6.45) is 0. The number of phenols is 1. The number of aryl methyl sites for hydroxylation is 1. The molecular weight excluding hydrogens is 204 g/mol. The van der Waals surface area contributed by atoms with E-state index in [0.717, 1.165) is 11.1 Å². The van der Waals surface area contributed by atoms with Crippen LogP contribution in [0.5, 0.6) is 5.75 Å². The van der Waals surface area contributed by atoms with E-state index in [4.69, 9.17) is 5.11 Å². The van der Waals surface area contributed by atoms with Gasteiger partial charge in [0.1, 0.15) is 5.75 Å². The Labute approximate surface area is 94.7 Å². The molecule has 3 nitrogen and oxygen atoms in total. The van der Waals surface area contributed by atoms with Crippen molar-refractivity contribution in [1.82, 2.24) is 0 Å². The molecule has 0 unspecified atom stereocenters. The van der Waals surface area contributed by atoms with Gasteiger partial charge in [-0.3, -0.25) is 4.79 Å². The molecule has 1 aliphatic carbocycles. The van der Waals surface area contributed by atoms with Crippen LogP contribution in [0, 0.1) is 18.3 Å². The van der Waals surface area contributed by atoms with Crippen molar-refractivity contribution in [2.75, 3.05) is 0 Å². The third-order valence-corrected chi connectivity index (χ3v) is 3.69. The number of hydrogen-bond acceptors (Lipinski definition) is 2.